The van der Waals surface area contributed by atoms with Crippen molar-refractivity contribution in [2.75, 3.05) is 11.5 Å². The smallest absolute Gasteiger partial charge is 0.268 e. The van der Waals surface area contributed by atoms with Crippen molar-refractivity contribution in [1.82, 2.24) is 0 Å². The molecule has 0 aromatic rings. The molecule has 0 radical (unpaired) electrons. The molecular formula is C6H12O6S2. The van der Waals surface area contributed by atoms with Crippen LogP contribution in [0.15, 0.2) is 0 Å². The molecule has 0 amide bonds. The predicted molar refractivity (Wildman–Crippen MR) is 48.9 cm³/mol. The molecule has 8 heteroatoms. The summed E-state index contributed by atoms with van der Waals surface area (Å²) in [6.45, 7) is 0. The second-order valence-electron chi connectivity index (χ2n) is 3.20. The summed E-state index contributed by atoms with van der Waals surface area (Å²) in [6, 6.07) is 0. The molecule has 1 saturated carbocycles. The third kappa shape index (κ3) is 4.36. The third-order valence-electron chi connectivity index (χ3n) is 1.93. The van der Waals surface area contributed by atoms with Gasteiger partial charge < -0.3 is 0 Å². The second kappa shape index (κ2) is 4.13. The summed E-state index contributed by atoms with van der Waals surface area (Å²) in [5.74, 6) is -1.51. The molecule has 84 valence electrons. The molecule has 0 aliphatic heterocycles. The summed E-state index contributed by atoms with van der Waals surface area (Å²) in [7, 11) is -8.06. The molecule has 1 N–H and O–H groups in total. The molecule has 0 heterocycles. The van der Waals surface area contributed by atoms with Crippen molar-refractivity contribution >= 4 is 20.2 Å². The van der Waals surface area contributed by atoms with Crippen LogP contribution < -0.4 is 0 Å². The molecule has 0 atom stereocenters. The fourth-order valence-electron chi connectivity index (χ4n) is 0.930. The molecule has 6 nitrogen and oxygen atoms in total. The van der Waals surface area contributed by atoms with E-state index >= 15 is 0 Å². The topological polar surface area (TPSA) is 97.7 Å². The molecule has 1 fully saturated rings. The van der Waals surface area contributed by atoms with E-state index in [0.29, 0.717) is 12.8 Å². The summed E-state index contributed by atoms with van der Waals surface area (Å²) in [6.07, 6.45) is 2.00. The number of hydrogen-bond acceptors (Lipinski definition) is 5. The summed E-state index contributed by atoms with van der Waals surface area (Å²) >= 11 is 0. The fraction of sp³-hybridized carbons (Fsp3) is 1.00. The molecule has 0 bridgehead atoms. The SMILES string of the molecule is O=S(=O)(O)CCS(=O)(=O)OC1CCC1. The summed E-state index contributed by atoms with van der Waals surface area (Å²) in [5, 5.41) is 0. The molecular weight excluding hydrogens is 232 g/mol. The van der Waals surface area contributed by atoms with Crippen molar-refractivity contribution in [3.8, 4) is 0 Å². The average molecular weight is 244 g/mol. The molecule has 0 aromatic heterocycles. The van der Waals surface area contributed by atoms with E-state index in [4.69, 9.17) is 4.55 Å². The standard InChI is InChI=1S/C6H12O6S2/c7-13(8,9)4-5-14(10,11)12-6-2-1-3-6/h6H,1-5H2,(H,7,8,9). The summed E-state index contributed by atoms with van der Waals surface area (Å²) in [4.78, 5) is 0. The van der Waals surface area contributed by atoms with Gasteiger partial charge in [-0.3, -0.25) is 8.74 Å². The Bertz CT molecular complexity index is 377. The van der Waals surface area contributed by atoms with E-state index in [1.165, 1.54) is 0 Å². The fourth-order valence-corrected chi connectivity index (χ4v) is 3.29. The van der Waals surface area contributed by atoms with E-state index in [9.17, 15) is 16.8 Å². The second-order valence-corrected chi connectivity index (χ2v) is 6.49. The van der Waals surface area contributed by atoms with Gasteiger partial charge in [0.1, 0.15) is 0 Å². The Morgan fingerprint density at radius 3 is 2.07 bits per heavy atom. The van der Waals surface area contributed by atoms with Crippen LogP contribution in [0.2, 0.25) is 0 Å². The molecule has 1 aliphatic rings. The summed E-state index contributed by atoms with van der Waals surface area (Å²) in [5.41, 5.74) is 0. The van der Waals surface area contributed by atoms with Gasteiger partial charge in [0.25, 0.3) is 20.2 Å². The molecule has 1 aliphatic carbocycles. The Labute approximate surface area is 83.1 Å². The molecule has 0 saturated heterocycles. The van der Waals surface area contributed by atoms with Crippen LogP contribution in [0.5, 0.6) is 0 Å². The highest BCUT2D eigenvalue weighted by Crippen LogP contribution is 2.23. The maximum atomic E-state index is 11.1. The Morgan fingerprint density at radius 1 is 1.14 bits per heavy atom. The molecule has 14 heavy (non-hydrogen) atoms. The van der Waals surface area contributed by atoms with Gasteiger partial charge in [0.15, 0.2) is 0 Å². The van der Waals surface area contributed by atoms with Gasteiger partial charge in [0.2, 0.25) is 0 Å². The highest BCUT2D eigenvalue weighted by Gasteiger charge is 2.26. The van der Waals surface area contributed by atoms with E-state index in [1.807, 2.05) is 0 Å². The highest BCUT2D eigenvalue weighted by molar-refractivity contribution is 7.90. The van der Waals surface area contributed by atoms with Crippen molar-refractivity contribution in [1.29, 1.82) is 0 Å². The lowest BCUT2D eigenvalue weighted by Crippen LogP contribution is -2.28. The Hall–Kier alpha value is -0.180. The van der Waals surface area contributed by atoms with E-state index in [1.54, 1.807) is 0 Å². The normalized spacial score (nSPS) is 19.2. The lowest BCUT2D eigenvalue weighted by Gasteiger charge is -2.24. The van der Waals surface area contributed by atoms with Crippen LogP contribution in [0.4, 0.5) is 0 Å². The van der Waals surface area contributed by atoms with Crippen molar-refractivity contribution < 1.29 is 25.6 Å². The van der Waals surface area contributed by atoms with Gasteiger partial charge in [-0.15, -0.1) is 0 Å². The van der Waals surface area contributed by atoms with Crippen LogP contribution in [0, 0.1) is 0 Å². The van der Waals surface area contributed by atoms with Gasteiger partial charge in [-0.1, -0.05) is 0 Å². The van der Waals surface area contributed by atoms with Gasteiger partial charge in [-0.25, -0.2) is 0 Å². The van der Waals surface area contributed by atoms with E-state index in [2.05, 4.69) is 4.18 Å². The minimum absolute atomic E-state index is 0.304. The zero-order valence-electron chi connectivity index (χ0n) is 7.42. The van der Waals surface area contributed by atoms with Crippen LogP contribution in [-0.2, 0) is 24.4 Å². The van der Waals surface area contributed by atoms with Crippen molar-refractivity contribution in [2.45, 2.75) is 25.4 Å². The third-order valence-corrected chi connectivity index (χ3v) is 4.17. The minimum Gasteiger partial charge on any atom is -0.286 e. The van der Waals surface area contributed by atoms with E-state index in [-0.39, 0.29) is 6.10 Å². The molecule has 0 unspecified atom stereocenters. The maximum absolute atomic E-state index is 11.1. The maximum Gasteiger partial charge on any atom is 0.268 e. The zero-order chi connectivity index (χ0) is 10.8. The highest BCUT2D eigenvalue weighted by atomic mass is 32.2. The molecule has 0 spiro atoms. The lowest BCUT2D eigenvalue weighted by molar-refractivity contribution is 0.128. The van der Waals surface area contributed by atoms with Gasteiger partial charge in [0.05, 0.1) is 17.6 Å². The Morgan fingerprint density at radius 2 is 1.71 bits per heavy atom. The van der Waals surface area contributed by atoms with Crippen LogP contribution in [-0.4, -0.2) is 39.0 Å². The van der Waals surface area contributed by atoms with Crippen molar-refractivity contribution in [2.24, 2.45) is 0 Å². The largest absolute Gasteiger partial charge is 0.286 e. The van der Waals surface area contributed by atoms with Crippen LogP contribution in [0.1, 0.15) is 19.3 Å². The first-order valence-electron chi connectivity index (χ1n) is 4.15. The van der Waals surface area contributed by atoms with Gasteiger partial charge in [-0.2, -0.15) is 16.8 Å². The first-order chi connectivity index (χ1) is 6.29. The Balaban J connectivity index is 2.41. The predicted octanol–water partition coefficient (Wildman–Crippen LogP) is -0.227. The average Bonchev–Trinajstić information content (AvgIpc) is 1.93. The van der Waals surface area contributed by atoms with Crippen LogP contribution in [0.3, 0.4) is 0 Å². The van der Waals surface area contributed by atoms with Crippen molar-refractivity contribution in [3.05, 3.63) is 0 Å². The van der Waals surface area contributed by atoms with E-state index < -0.39 is 31.7 Å². The van der Waals surface area contributed by atoms with Gasteiger partial charge in [0, 0.05) is 0 Å². The number of hydrogen-bond donors (Lipinski definition) is 1. The first kappa shape index (κ1) is 11.9. The monoisotopic (exact) mass is 244 g/mol. The van der Waals surface area contributed by atoms with Crippen LogP contribution in [0.25, 0.3) is 0 Å². The summed E-state index contributed by atoms with van der Waals surface area (Å²) < 4.78 is 55.7. The molecule has 1 rings (SSSR count). The van der Waals surface area contributed by atoms with Gasteiger partial charge >= 0.3 is 0 Å². The quantitative estimate of drug-likeness (QED) is 0.530. The first-order valence-corrected chi connectivity index (χ1v) is 7.33. The molecule has 0 aromatic carbocycles. The van der Waals surface area contributed by atoms with Crippen molar-refractivity contribution in [3.63, 3.8) is 0 Å². The number of rotatable bonds is 5. The van der Waals surface area contributed by atoms with Gasteiger partial charge in [-0.05, 0) is 19.3 Å². The van der Waals surface area contributed by atoms with Crippen LogP contribution >= 0.6 is 0 Å². The minimum atomic E-state index is -4.24. The zero-order valence-corrected chi connectivity index (χ0v) is 9.05. The lowest BCUT2D eigenvalue weighted by atomic mass is 9.97. The van der Waals surface area contributed by atoms with E-state index in [0.717, 1.165) is 6.42 Å². The Kier molecular flexibility index (Phi) is 3.51.